The van der Waals surface area contributed by atoms with Crippen molar-refractivity contribution in [3.63, 3.8) is 0 Å². The molecule has 5 heteroatoms. The van der Waals surface area contributed by atoms with E-state index in [0.29, 0.717) is 13.1 Å². The third kappa shape index (κ3) is 3.77. The quantitative estimate of drug-likeness (QED) is 0.904. The monoisotopic (exact) mass is 352 g/mol. The molecule has 2 heterocycles. The molecule has 0 saturated carbocycles. The normalized spacial score (nSPS) is 21.0. The van der Waals surface area contributed by atoms with E-state index in [1.54, 1.807) is 0 Å². The molecule has 1 aromatic rings. The number of hydrogen-bond acceptors (Lipinski definition) is 3. The van der Waals surface area contributed by atoms with Gasteiger partial charge < -0.3 is 15.0 Å². The molecule has 1 aromatic carbocycles. The van der Waals surface area contributed by atoms with Crippen LogP contribution in [0.15, 0.2) is 22.7 Å². The number of carbonyl (C=O) groups is 1. The number of piperidine rings is 1. The predicted octanol–water partition coefficient (Wildman–Crippen LogP) is 2.35. The maximum Gasteiger partial charge on any atom is 0.236 e. The average molecular weight is 353 g/mol. The second-order valence-electron chi connectivity index (χ2n) is 5.77. The van der Waals surface area contributed by atoms with Gasteiger partial charge in [0, 0.05) is 30.5 Å². The van der Waals surface area contributed by atoms with Crippen molar-refractivity contribution in [2.45, 2.75) is 31.8 Å². The van der Waals surface area contributed by atoms with E-state index in [0.717, 1.165) is 42.6 Å². The van der Waals surface area contributed by atoms with Gasteiger partial charge in [-0.3, -0.25) is 4.79 Å². The second kappa shape index (κ2) is 6.79. The Labute approximate surface area is 134 Å². The van der Waals surface area contributed by atoms with Crippen molar-refractivity contribution in [1.29, 1.82) is 0 Å². The van der Waals surface area contributed by atoms with Gasteiger partial charge in [-0.15, -0.1) is 0 Å². The number of carbonyl (C=O) groups excluding carboxylic acids is 1. The zero-order chi connectivity index (χ0) is 14.7. The molecule has 1 saturated heterocycles. The first-order valence-corrected chi connectivity index (χ1v) is 8.45. The van der Waals surface area contributed by atoms with Gasteiger partial charge >= 0.3 is 0 Å². The summed E-state index contributed by atoms with van der Waals surface area (Å²) in [5.41, 5.74) is 1.23. The largest absolute Gasteiger partial charge is 0.488 e. The lowest BCUT2D eigenvalue weighted by Crippen LogP contribution is -2.43. The lowest BCUT2D eigenvalue weighted by molar-refractivity contribution is -0.131. The van der Waals surface area contributed by atoms with Crippen LogP contribution >= 0.6 is 15.9 Å². The van der Waals surface area contributed by atoms with E-state index in [1.165, 1.54) is 12.0 Å². The molecule has 21 heavy (non-hydrogen) atoms. The average Bonchev–Trinajstić information content (AvgIpc) is 2.89. The Morgan fingerprint density at radius 3 is 2.95 bits per heavy atom. The molecule has 1 fully saturated rings. The zero-order valence-electron chi connectivity index (χ0n) is 12.1. The Morgan fingerprint density at radius 1 is 1.33 bits per heavy atom. The van der Waals surface area contributed by atoms with Crippen molar-refractivity contribution in [1.82, 2.24) is 10.2 Å². The number of amides is 1. The molecule has 1 amide bonds. The summed E-state index contributed by atoms with van der Waals surface area (Å²) < 4.78 is 6.96. The third-order valence-corrected chi connectivity index (χ3v) is 4.61. The van der Waals surface area contributed by atoms with Crippen LogP contribution in [0.4, 0.5) is 0 Å². The van der Waals surface area contributed by atoms with E-state index in [4.69, 9.17) is 4.74 Å². The van der Waals surface area contributed by atoms with Crippen molar-refractivity contribution < 1.29 is 9.53 Å². The number of likely N-dealkylation sites (tertiary alicyclic amines) is 1. The molecule has 2 aliphatic heterocycles. The first kappa shape index (κ1) is 14.9. The topological polar surface area (TPSA) is 41.6 Å². The number of fused-ring (bicyclic) bond motifs is 1. The van der Waals surface area contributed by atoms with Crippen LogP contribution in [0.25, 0.3) is 0 Å². The minimum atomic E-state index is 0.128. The van der Waals surface area contributed by atoms with Gasteiger partial charge in [-0.1, -0.05) is 15.9 Å². The van der Waals surface area contributed by atoms with E-state index >= 15 is 0 Å². The molecule has 4 nitrogen and oxygen atoms in total. The van der Waals surface area contributed by atoms with Gasteiger partial charge in [0.1, 0.15) is 11.9 Å². The molecule has 0 spiro atoms. The maximum atomic E-state index is 12.1. The fourth-order valence-electron chi connectivity index (χ4n) is 3.00. The highest BCUT2D eigenvalue weighted by atomic mass is 79.9. The van der Waals surface area contributed by atoms with Crippen LogP contribution < -0.4 is 10.1 Å². The molecular formula is C16H21BrN2O2. The Kier molecular flexibility index (Phi) is 4.80. The minimum absolute atomic E-state index is 0.128. The van der Waals surface area contributed by atoms with Crippen molar-refractivity contribution in [3.8, 4) is 5.75 Å². The summed E-state index contributed by atoms with van der Waals surface area (Å²) in [4.78, 5) is 14.0. The van der Waals surface area contributed by atoms with E-state index in [-0.39, 0.29) is 12.0 Å². The Hall–Kier alpha value is -1.07. The fourth-order valence-corrected chi connectivity index (χ4v) is 3.41. The molecule has 0 radical (unpaired) electrons. The molecule has 0 aliphatic carbocycles. The number of halogens is 1. The molecular weight excluding hydrogens is 332 g/mol. The first-order valence-electron chi connectivity index (χ1n) is 7.66. The van der Waals surface area contributed by atoms with Crippen LogP contribution in [-0.2, 0) is 11.2 Å². The van der Waals surface area contributed by atoms with Crippen LogP contribution in [0.2, 0.25) is 0 Å². The number of nitrogens with zero attached hydrogens (tertiary/aromatic N) is 1. The van der Waals surface area contributed by atoms with Gasteiger partial charge in [0.05, 0.1) is 6.54 Å². The van der Waals surface area contributed by atoms with Crippen LogP contribution in [0.5, 0.6) is 5.75 Å². The smallest absolute Gasteiger partial charge is 0.236 e. The highest BCUT2D eigenvalue weighted by molar-refractivity contribution is 9.10. The summed E-state index contributed by atoms with van der Waals surface area (Å²) in [5, 5.41) is 3.25. The van der Waals surface area contributed by atoms with E-state index in [2.05, 4.69) is 27.3 Å². The summed E-state index contributed by atoms with van der Waals surface area (Å²) in [7, 11) is 0. The minimum Gasteiger partial charge on any atom is -0.488 e. The van der Waals surface area contributed by atoms with Crippen molar-refractivity contribution in [2.75, 3.05) is 26.2 Å². The van der Waals surface area contributed by atoms with E-state index in [1.807, 2.05) is 17.0 Å². The van der Waals surface area contributed by atoms with E-state index in [9.17, 15) is 4.79 Å². The standard InChI is InChI=1S/C16H21BrN2O2/c17-13-4-5-15-12(8-13)9-14(21-15)10-18-11-16(20)19-6-2-1-3-7-19/h4-5,8,14,18H,1-3,6-7,9-11H2. The maximum absolute atomic E-state index is 12.1. The van der Waals surface area contributed by atoms with Gasteiger partial charge in [-0.25, -0.2) is 0 Å². The Morgan fingerprint density at radius 2 is 2.14 bits per heavy atom. The summed E-state index contributed by atoms with van der Waals surface area (Å²) in [6.45, 7) is 2.96. The van der Waals surface area contributed by atoms with Crippen LogP contribution in [0.3, 0.4) is 0 Å². The van der Waals surface area contributed by atoms with Gasteiger partial charge in [-0.05, 0) is 43.0 Å². The van der Waals surface area contributed by atoms with E-state index < -0.39 is 0 Å². The molecule has 0 aromatic heterocycles. The third-order valence-electron chi connectivity index (χ3n) is 4.12. The summed E-state index contributed by atoms with van der Waals surface area (Å²) in [6.07, 6.45) is 4.56. The highest BCUT2D eigenvalue weighted by Crippen LogP contribution is 2.30. The first-order chi connectivity index (χ1) is 10.2. The fraction of sp³-hybridized carbons (Fsp3) is 0.562. The van der Waals surface area contributed by atoms with Crippen LogP contribution in [-0.4, -0.2) is 43.1 Å². The Balaban J connectivity index is 1.42. The number of benzene rings is 1. The van der Waals surface area contributed by atoms with Gasteiger partial charge in [0.25, 0.3) is 0 Å². The number of hydrogen-bond donors (Lipinski definition) is 1. The molecule has 1 unspecified atom stereocenters. The van der Waals surface area contributed by atoms with Crippen molar-refractivity contribution in [3.05, 3.63) is 28.2 Å². The molecule has 1 atom stereocenters. The summed E-state index contributed by atoms with van der Waals surface area (Å²) in [5.74, 6) is 1.18. The summed E-state index contributed by atoms with van der Waals surface area (Å²) >= 11 is 3.48. The zero-order valence-corrected chi connectivity index (χ0v) is 13.7. The number of ether oxygens (including phenoxy) is 1. The van der Waals surface area contributed by atoms with Gasteiger partial charge in [0.2, 0.25) is 5.91 Å². The van der Waals surface area contributed by atoms with Gasteiger partial charge in [0.15, 0.2) is 0 Å². The van der Waals surface area contributed by atoms with Crippen molar-refractivity contribution >= 4 is 21.8 Å². The predicted molar refractivity (Wildman–Crippen MR) is 85.6 cm³/mol. The Bertz CT molecular complexity index is 515. The lowest BCUT2D eigenvalue weighted by Gasteiger charge is -2.27. The summed E-state index contributed by atoms with van der Waals surface area (Å²) in [6, 6.07) is 6.10. The van der Waals surface area contributed by atoms with Crippen LogP contribution in [0, 0.1) is 0 Å². The molecule has 0 bridgehead atoms. The molecule has 1 N–H and O–H groups in total. The van der Waals surface area contributed by atoms with Crippen LogP contribution in [0.1, 0.15) is 24.8 Å². The molecule has 114 valence electrons. The SMILES string of the molecule is O=C(CNCC1Cc2cc(Br)ccc2O1)N1CCCCC1. The second-order valence-corrected chi connectivity index (χ2v) is 6.68. The molecule has 2 aliphatic rings. The lowest BCUT2D eigenvalue weighted by atomic mass is 10.1. The number of nitrogens with one attached hydrogen (secondary N) is 1. The van der Waals surface area contributed by atoms with Gasteiger partial charge in [-0.2, -0.15) is 0 Å². The van der Waals surface area contributed by atoms with Crippen molar-refractivity contribution in [2.24, 2.45) is 0 Å². The highest BCUT2D eigenvalue weighted by Gasteiger charge is 2.23. The number of rotatable bonds is 4. The molecule has 3 rings (SSSR count).